The molecule has 152 valence electrons. The Kier molecular flexibility index (Phi) is 5.55. The van der Waals surface area contributed by atoms with Gasteiger partial charge in [0.25, 0.3) is 0 Å². The van der Waals surface area contributed by atoms with Crippen molar-refractivity contribution in [3.63, 3.8) is 0 Å². The average Bonchev–Trinajstić information content (AvgIpc) is 2.73. The van der Waals surface area contributed by atoms with Crippen LogP contribution in [0.2, 0.25) is 0 Å². The number of nitrogens with one attached hydrogen (secondary N) is 1. The van der Waals surface area contributed by atoms with E-state index in [1.165, 1.54) is 0 Å². The van der Waals surface area contributed by atoms with Gasteiger partial charge in [-0.15, -0.1) is 0 Å². The third-order valence-corrected chi connectivity index (χ3v) is 6.28. The molecule has 3 aliphatic rings. The van der Waals surface area contributed by atoms with E-state index in [-0.39, 0.29) is 42.5 Å². The first kappa shape index (κ1) is 19.2. The molecule has 7 nitrogen and oxygen atoms in total. The minimum Gasteiger partial charge on any atom is -0.394 e. The molecule has 1 aromatic carbocycles. The Morgan fingerprint density at radius 2 is 2.00 bits per heavy atom. The van der Waals surface area contributed by atoms with Gasteiger partial charge in [-0.3, -0.25) is 9.69 Å². The molecule has 1 aromatic rings. The second-order valence-corrected chi connectivity index (χ2v) is 7.88. The number of carbonyl (C=O) groups is 2. The first-order valence-corrected chi connectivity index (χ1v) is 10.3. The summed E-state index contributed by atoms with van der Waals surface area (Å²) in [6.07, 6.45) is 2.32. The molecule has 0 spiro atoms. The Morgan fingerprint density at radius 1 is 1.25 bits per heavy atom. The van der Waals surface area contributed by atoms with Crippen LogP contribution in [0, 0.1) is 5.92 Å². The molecule has 0 unspecified atom stereocenters. The minimum absolute atomic E-state index is 0.0525. The number of urea groups is 1. The summed E-state index contributed by atoms with van der Waals surface area (Å²) >= 11 is 0. The zero-order valence-corrected chi connectivity index (χ0v) is 16.3. The summed E-state index contributed by atoms with van der Waals surface area (Å²) in [7, 11) is 0. The Hall–Kier alpha value is -2.12. The van der Waals surface area contributed by atoms with Crippen molar-refractivity contribution in [2.75, 3.05) is 37.8 Å². The highest BCUT2D eigenvalue weighted by molar-refractivity contribution is 5.94. The van der Waals surface area contributed by atoms with Gasteiger partial charge in [-0.25, -0.2) is 4.79 Å². The number of benzene rings is 1. The molecule has 3 atom stereocenters. The van der Waals surface area contributed by atoms with Crippen molar-refractivity contribution in [3.8, 4) is 0 Å². The standard InChI is InChI=1S/C21H29N3O4/c1-2-9-22-21(27)23-12-17-19(15-5-3-4-6-16(15)23)18(13-25)24(17)20(26)14-7-10-28-11-8-14/h3-6,14,17-19,25H,2,7-13H2,1H3,(H,22,27)/t17-,18-,19+/m1/s1. The van der Waals surface area contributed by atoms with E-state index in [1.807, 2.05) is 36.1 Å². The number of anilines is 1. The molecule has 3 aliphatic heterocycles. The monoisotopic (exact) mass is 387 g/mol. The Bertz CT molecular complexity index is 734. The van der Waals surface area contributed by atoms with Gasteiger partial charge in [0.05, 0.1) is 18.7 Å². The van der Waals surface area contributed by atoms with Gasteiger partial charge in [-0.05, 0) is 30.9 Å². The third-order valence-electron chi connectivity index (χ3n) is 6.28. The quantitative estimate of drug-likeness (QED) is 0.824. The van der Waals surface area contributed by atoms with E-state index in [1.54, 1.807) is 4.90 Å². The number of aliphatic hydroxyl groups is 1. The summed E-state index contributed by atoms with van der Waals surface area (Å²) in [5.74, 6) is 0.111. The molecular weight excluding hydrogens is 358 g/mol. The first-order chi connectivity index (χ1) is 13.7. The van der Waals surface area contributed by atoms with Crippen molar-refractivity contribution in [1.29, 1.82) is 0 Å². The number of ether oxygens (including phenoxy) is 1. The van der Waals surface area contributed by atoms with Gasteiger partial charge >= 0.3 is 6.03 Å². The van der Waals surface area contributed by atoms with Crippen LogP contribution in [0.15, 0.2) is 24.3 Å². The number of rotatable bonds is 4. The predicted molar refractivity (Wildman–Crippen MR) is 105 cm³/mol. The van der Waals surface area contributed by atoms with Crippen LogP contribution in [0.3, 0.4) is 0 Å². The fraction of sp³-hybridized carbons (Fsp3) is 0.619. The molecule has 3 amide bonds. The molecule has 0 aliphatic carbocycles. The predicted octanol–water partition coefficient (Wildman–Crippen LogP) is 1.71. The zero-order valence-electron chi connectivity index (χ0n) is 16.3. The summed E-state index contributed by atoms with van der Waals surface area (Å²) in [5, 5.41) is 13.0. The highest BCUT2D eigenvalue weighted by Crippen LogP contribution is 2.48. The van der Waals surface area contributed by atoms with Crippen LogP contribution >= 0.6 is 0 Å². The molecule has 28 heavy (non-hydrogen) atoms. The van der Waals surface area contributed by atoms with E-state index in [4.69, 9.17) is 4.74 Å². The zero-order chi connectivity index (χ0) is 19.7. The number of amides is 3. The summed E-state index contributed by atoms with van der Waals surface area (Å²) in [4.78, 5) is 29.6. The molecule has 0 saturated carbocycles. The van der Waals surface area contributed by atoms with Crippen molar-refractivity contribution in [1.82, 2.24) is 10.2 Å². The molecule has 7 heteroatoms. The number of aliphatic hydroxyl groups excluding tert-OH is 1. The summed E-state index contributed by atoms with van der Waals surface area (Å²) < 4.78 is 5.39. The summed E-state index contributed by atoms with van der Waals surface area (Å²) in [5.41, 5.74) is 1.93. The lowest BCUT2D eigenvalue weighted by molar-refractivity contribution is -0.157. The average molecular weight is 387 g/mol. The lowest BCUT2D eigenvalue weighted by atomic mass is 9.71. The third kappa shape index (κ3) is 3.16. The van der Waals surface area contributed by atoms with Gasteiger partial charge in [0, 0.05) is 43.8 Å². The van der Waals surface area contributed by atoms with Crippen LogP contribution in [-0.4, -0.2) is 66.9 Å². The van der Waals surface area contributed by atoms with Gasteiger partial charge in [0.1, 0.15) is 0 Å². The van der Waals surface area contributed by atoms with Gasteiger partial charge in [-0.2, -0.15) is 0 Å². The number of hydrogen-bond acceptors (Lipinski definition) is 4. The molecule has 2 N–H and O–H groups in total. The van der Waals surface area contributed by atoms with Crippen molar-refractivity contribution >= 4 is 17.6 Å². The number of para-hydroxylation sites is 1. The van der Waals surface area contributed by atoms with Crippen LogP contribution in [-0.2, 0) is 9.53 Å². The lowest BCUT2D eigenvalue weighted by Crippen LogP contribution is -2.72. The molecule has 2 saturated heterocycles. The van der Waals surface area contributed by atoms with E-state index in [2.05, 4.69) is 5.32 Å². The van der Waals surface area contributed by atoms with E-state index in [0.717, 1.165) is 30.5 Å². The van der Waals surface area contributed by atoms with Crippen LogP contribution in [0.4, 0.5) is 10.5 Å². The Labute approximate surface area is 165 Å². The van der Waals surface area contributed by atoms with Crippen molar-refractivity contribution in [3.05, 3.63) is 29.8 Å². The molecule has 2 fully saturated rings. The summed E-state index contributed by atoms with van der Waals surface area (Å²) in [6, 6.07) is 7.42. The Balaban J connectivity index is 1.61. The highest BCUT2D eigenvalue weighted by Gasteiger charge is 2.56. The van der Waals surface area contributed by atoms with Crippen LogP contribution in [0.5, 0.6) is 0 Å². The second-order valence-electron chi connectivity index (χ2n) is 7.88. The second kappa shape index (κ2) is 8.09. The SMILES string of the molecule is CCCNC(=O)N1C[C@@H]2[C@H](c3ccccc31)[C@@H](CO)N2C(=O)C1CCOCC1. The van der Waals surface area contributed by atoms with E-state index >= 15 is 0 Å². The number of likely N-dealkylation sites (tertiary alicyclic amines) is 1. The number of hydrogen-bond donors (Lipinski definition) is 2. The highest BCUT2D eigenvalue weighted by atomic mass is 16.5. The van der Waals surface area contributed by atoms with Gasteiger partial charge < -0.3 is 20.1 Å². The largest absolute Gasteiger partial charge is 0.394 e. The molecular formula is C21H29N3O4. The van der Waals surface area contributed by atoms with Crippen molar-refractivity contribution in [2.24, 2.45) is 5.92 Å². The number of nitrogens with zero attached hydrogens (tertiary/aromatic N) is 2. The van der Waals surface area contributed by atoms with Crippen LogP contribution < -0.4 is 10.2 Å². The maximum absolute atomic E-state index is 13.2. The lowest BCUT2D eigenvalue weighted by Gasteiger charge is -2.59. The molecule has 0 radical (unpaired) electrons. The van der Waals surface area contributed by atoms with Crippen LogP contribution in [0.1, 0.15) is 37.7 Å². The number of carbonyl (C=O) groups excluding carboxylic acids is 2. The first-order valence-electron chi connectivity index (χ1n) is 10.3. The summed E-state index contributed by atoms with van der Waals surface area (Å²) in [6.45, 7) is 4.25. The fourth-order valence-electron chi connectivity index (χ4n) is 4.87. The van der Waals surface area contributed by atoms with Crippen LogP contribution in [0.25, 0.3) is 0 Å². The molecule has 4 rings (SSSR count). The molecule has 0 aromatic heterocycles. The number of fused-ring (bicyclic) bond motifs is 3. The van der Waals surface area contributed by atoms with E-state index < -0.39 is 0 Å². The Morgan fingerprint density at radius 3 is 2.71 bits per heavy atom. The topological polar surface area (TPSA) is 82.1 Å². The van der Waals surface area contributed by atoms with E-state index in [9.17, 15) is 14.7 Å². The van der Waals surface area contributed by atoms with Gasteiger partial charge in [-0.1, -0.05) is 25.1 Å². The van der Waals surface area contributed by atoms with Gasteiger partial charge in [0.2, 0.25) is 5.91 Å². The molecule has 0 bridgehead atoms. The maximum Gasteiger partial charge on any atom is 0.321 e. The van der Waals surface area contributed by atoms with Crippen molar-refractivity contribution < 1.29 is 19.4 Å². The molecule has 3 heterocycles. The fourth-order valence-corrected chi connectivity index (χ4v) is 4.87. The normalized spacial score (nSPS) is 26.9. The van der Waals surface area contributed by atoms with Crippen molar-refractivity contribution in [2.45, 2.75) is 44.2 Å². The van der Waals surface area contributed by atoms with Gasteiger partial charge in [0.15, 0.2) is 0 Å². The van der Waals surface area contributed by atoms with E-state index in [0.29, 0.717) is 26.3 Å². The maximum atomic E-state index is 13.2. The smallest absolute Gasteiger partial charge is 0.321 e. The minimum atomic E-state index is -0.220.